The van der Waals surface area contributed by atoms with Gasteiger partial charge in [-0.05, 0) is 38.8 Å². The summed E-state index contributed by atoms with van der Waals surface area (Å²) >= 11 is 0. The molecule has 0 bridgehead atoms. The molecule has 6 rings (SSSR count). The molecule has 3 N–H and O–H groups in total. The number of aromatic nitrogens is 2. The Morgan fingerprint density at radius 2 is 1.09 bits per heavy atom. The van der Waals surface area contributed by atoms with E-state index in [9.17, 15) is 51.4 Å². The first kappa shape index (κ1) is 49.8. The lowest BCUT2D eigenvalue weighted by atomic mass is 9.73. The van der Waals surface area contributed by atoms with Gasteiger partial charge in [0.05, 0.1) is 43.2 Å². The Morgan fingerprint density at radius 3 is 1.49 bits per heavy atom. The second-order valence-corrected chi connectivity index (χ2v) is 15.9. The second-order valence-electron chi connectivity index (χ2n) is 15.9. The number of nitrogens with one attached hydrogen (secondary N) is 2. The second kappa shape index (κ2) is 20.7. The van der Waals surface area contributed by atoms with Crippen molar-refractivity contribution < 1.29 is 65.5 Å². The number of pyridine rings is 2. The molecule has 2 aliphatic heterocycles. The van der Waals surface area contributed by atoms with Crippen LogP contribution in [0.15, 0.2) is 58.4 Å². The van der Waals surface area contributed by atoms with Crippen molar-refractivity contribution in [1.29, 1.82) is 0 Å². The van der Waals surface area contributed by atoms with Gasteiger partial charge in [0.15, 0.2) is 23.1 Å². The zero-order valence-corrected chi connectivity index (χ0v) is 36.8. The van der Waals surface area contributed by atoms with Gasteiger partial charge in [-0.1, -0.05) is 12.1 Å². The van der Waals surface area contributed by atoms with Gasteiger partial charge in [0.1, 0.15) is 45.8 Å². The van der Waals surface area contributed by atoms with Crippen molar-refractivity contribution in [3.63, 3.8) is 0 Å². The maximum atomic E-state index is 13.9. The summed E-state index contributed by atoms with van der Waals surface area (Å²) in [4.78, 5) is 77.7. The number of hydrogen-bond acceptors (Lipinski definition) is 12. The van der Waals surface area contributed by atoms with Crippen LogP contribution in [0.3, 0.4) is 0 Å². The highest BCUT2D eigenvalue weighted by Crippen LogP contribution is 2.41. The lowest BCUT2D eigenvalue weighted by Gasteiger charge is -2.41. The minimum Gasteiger partial charge on any atom is -0.503 e. The van der Waals surface area contributed by atoms with E-state index in [4.69, 9.17) is 23.7 Å². The number of fused-ring (bicyclic) bond motifs is 2. The molecular formula is C45H50F4N4O12. The van der Waals surface area contributed by atoms with Gasteiger partial charge in [-0.2, -0.15) is 0 Å². The Labute approximate surface area is 370 Å². The van der Waals surface area contributed by atoms with Crippen molar-refractivity contribution in [2.24, 2.45) is 10.8 Å². The molecule has 0 spiro atoms. The first-order chi connectivity index (χ1) is 30.8. The molecule has 4 aromatic rings. The lowest BCUT2D eigenvalue weighted by Crippen LogP contribution is -2.50. The third kappa shape index (κ3) is 10.0. The summed E-state index contributed by atoms with van der Waals surface area (Å²) in [7, 11) is 7.20. The number of hydrogen-bond donors (Lipinski definition) is 3. The molecule has 2 aromatic heterocycles. The number of rotatable bonds is 15. The number of ketones is 2. The summed E-state index contributed by atoms with van der Waals surface area (Å²) in [6.45, 7) is 3.74. The molecule has 20 heteroatoms. The van der Waals surface area contributed by atoms with Gasteiger partial charge >= 0.3 is 0 Å². The van der Waals surface area contributed by atoms with Crippen LogP contribution in [0, 0.1) is 34.1 Å². The molecule has 0 aliphatic carbocycles. The van der Waals surface area contributed by atoms with Gasteiger partial charge in [-0.25, -0.2) is 17.6 Å². The fourth-order valence-electron chi connectivity index (χ4n) is 7.87. The van der Waals surface area contributed by atoms with Crippen molar-refractivity contribution in [1.82, 2.24) is 19.8 Å². The van der Waals surface area contributed by atoms with E-state index in [1.807, 2.05) is 0 Å². The average molecular weight is 915 g/mol. The number of ether oxygens (including phenoxy) is 5. The molecule has 0 saturated carbocycles. The number of benzene rings is 2. The van der Waals surface area contributed by atoms with E-state index in [1.165, 1.54) is 69.2 Å². The van der Waals surface area contributed by atoms with Crippen LogP contribution in [0.1, 0.15) is 79.5 Å². The number of amides is 2. The molecule has 350 valence electrons. The highest BCUT2D eigenvalue weighted by molar-refractivity contribution is 6.04. The molecular weight excluding hydrogens is 865 g/mol. The van der Waals surface area contributed by atoms with Crippen LogP contribution in [-0.4, -0.2) is 98.6 Å². The normalized spacial score (nSPS) is 20.0. The van der Waals surface area contributed by atoms with Crippen LogP contribution in [0.25, 0.3) is 0 Å². The van der Waals surface area contributed by atoms with E-state index >= 15 is 0 Å². The van der Waals surface area contributed by atoms with E-state index in [0.717, 1.165) is 12.1 Å². The van der Waals surface area contributed by atoms with Crippen molar-refractivity contribution in [3.8, 4) is 11.5 Å². The van der Waals surface area contributed by atoms with E-state index in [1.54, 1.807) is 13.8 Å². The summed E-state index contributed by atoms with van der Waals surface area (Å²) < 4.78 is 83.2. The SMILES string of the molecule is COCC[C@@]1(C)C(=O)c2c(OC)c(=O)c(C(=O)NCc3ccc(F)cc3F)cn2C[C@@H]1OC.COCC[C@]1(C)C(=O)c2c(O)c(=O)c(C(=O)NCc3ccc(F)cc3F)cn2C[C@@H]1OC. The topological polar surface area (TPSA) is 203 Å². The number of halogens is 4. The molecule has 65 heavy (non-hydrogen) atoms. The smallest absolute Gasteiger partial charge is 0.257 e. The predicted molar refractivity (Wildman–Crippen MR) is 224 cm³/mol. The fraction of sp³-hybridized carbons (Fsp3) is 0.422. The van der Waals surface area contributed by atoms with Crippen molar-refractivity contribution in [2.75, 3.05) is 48.8 Å². The standard InChI is InChI=1S/C23H26F2N2O6.C22H24F2N2O6/c1-23(7-8-31-2)17(32-3)12-27-11-15(19(28)20(33-4)18(27)21(23)29)22(30)26-10-13-5-6-14(24)9-16(13)25;1-22(6-7-31-2)16(32-3)11-26-10-14(18(27)19(28)17(26)20(22)29)21(30)25-9-12-4-5-13(23)8-15(12)24/h5-6,9,11,17H,7-8,10,12H2,1-4H3,(H,26,30);4-5,8,10,16,28H,6-7,9,11H2,1-3H3,(H,25,30)/t17-,23+;16-,22-/m00/s1. The van der Waals surface area contributed by atoms with Gasteiger partial charge < -0.3 is 48.6 Å². The largest absolute Gasteiger partial charge is 0.503 e. The van der Waals surface area contributed by atoms with Gasteiger partial charge in [0, 0.05) is 90.4 Å². The molecule has 0 saturated heterocycles. The van der Waals surface area contributed by atoms with E-state index in [0.29, 0.717) is 31.6 Å². The summed E-state index contributed by atoms with van der Waals surface area (Å²) in [5.41, 5.74) is -4.57. The Hall–Kier alpha value is -6.22. The van der Waals surface area contributed by atoms with Crippen LogP contribution < -0.4 is 26.2 Å². The Morgan fingerprint density at radius 1 is 0.677 bits per heavy atom. The summed E-state index contributed by atoms with van der Waals surface area (Å²) in [5, 5.41) is 15.3. The van der Waals surface area contributed by atoms with Crippen LogP contribution in [0.2, 0.25) is 0 Å². The quantitative estimate of drug-likeness (QED) is 0.143. The highest BCUT2D eigenvalue weighted by atomic mass is 19.1. The molecule has 4 atom stereocenters. The molecule has 16 nitrogen and oxygen atoms in total. The van der Waals surface area contributed by atoms with Gasteiger partial charge in [0.2, 0.25) is 10.9 Å². The molecule has 2 amide bonds. The van der Waals surface area contributed by atoms with Crippen LogP contribution in [0.5, 0.6) is 11.5 Å². The van der Waals surface area contributed by atoms with Gasteiger partial charge in [-0.15, -0.1) is 0 Å². The van der Waals surface area contributed by atoms with Crippen LogP contribution in [0.4, 0.5) is 17.6 Å². The lowest BCUT2D eigenvalue weighted by molar-refractivity contribution is -0.0264. The zero-order chi connectivity index (χ0) is 48.0. The Bertz CT molecular complexity index is 2600. The summed E-state index contributed by atoms with van der Waals surface area (Å²) in [6, 6.07) is 5.87. The number of methoxy groups -OCH3 is 5. The maximum Gasteiger partial charge on any atom is 0.257 e. The third-order valence-electron chi connectivity index (χ3n) is 11.9. The van der Waals surface area contributed by atoms with Crippen molar-refractivity contribution in [3.05, 3.63) is 126 Å². The summed E-state index contributed by atoms with van der Waals surface area (Å²) in [5.74, 6) is -6.77. The molecule has 0 radical (unpaired) electrons. The maximum absolute atomic E-state index is 13.9. The summed E-state index contributed by atoms with van der Waals surface area (Å²) in [6.07, 6.45) is 1.99. The van der Waals surface area contributed by atoms with Crippen molar-refractivity contribution in [2.45, 2.75) is 65.1 Å². The first-order valence-corrected chi connectivity index (χ1v) is 20.2. The van der Waals surface area contributed by atoms with Crippen molar-refractivity contribution >= 4 is 23.4 Å². The molecule has 2 aliphatic rings. The molecule has 4 heterocycles. The fourth-order valence-corrected chi connectivity index (χ4v) is 7.87. The van der Waals surface area contributed by atoms with Gasteiger partial charge in [0.25, 0.3) is 11.8 Å². The predicted octanol–water partition coefficient (Wildman–Crippen LogP) is 4.34. The minimum absolute atomic E-state index is 0.0190. The van der Waals surface area contributed by atoms with Crippen LogP contribution in [-0.2, 0) is 45.1 Å². The number of aromatic hydroxyl groups is 1. The third-order valence-corrected chi connectivity index (χ3v) is 11.9. The van der Waals surface area contributed by atoms with E-state index < -0.39 is 86.1 Å². The van der Waals surface area contributed by atoms with Crippen LogP contribution >= 0.6 is 0 Å². The number of nitrogens with zero attached hydrogens (tertiary/aromatic N) is 2. The average Bonchev–Trinajstić information content (AvgIpc) is 3.27. The van der Waals surface area contributed by atoms with E-state index in [-0.39, 0.29) is 72.4 Å². The van der Waals surface area contributed by atoms with Gasteiger partial charge in [-0.3, -0.25) is 28.8 Å². The molecule has 0 fully saturated rings. The number of carbonyl (C=O) groups is 4. The monoisotopic (exact) mass is 914 g/mol. The number of carbonyl (C=O) groups excluding carboxylic acids is 4. The highest BCUT2D eigenvalue weighted by Gasteiger charge is 2.49. The first-order valence-electron chi connectivity index (χ1n) is 20.2. The Kier molecular flexibility index (Phi) is 15.9. The Balaban J connectivity index is 0.000000244. The van der Waals surface area contributed by atoms with E-state index in [2.05, 4.69) is 10.6 Å². The zero-order valence-electron chi connectivity index (χ0n) is 36.8. The minimum atomic E-state index is -1.04. The molecule has 2 aromatic carbocycles. The molecule has 0 unspecified atom stereocenters. The number of Topliss-reactive ketones (excluding diaryl/α,β-unsaturated/α-hetero) is 2.